The van der Waals surface area contributed by atoms with Gasteiger partial charge in [-0.15, -0.1) is 0 Å². The van der Waals surface area contributed by atoms with Crippen molar-refractivity contribution >= 4 is 20.9 Å². The maximum atomic E-state index is 13.6. The molecule has 10 heteroatoms. The second-order valence-electron chi connectivity index (χ2n) is 8.28. The Balaban J connectivity index is 1.54. The summed E-state index contributed by atoms with van der Waals surface area (Å²) >= 11 is 0. The third kappa shape index (κ3) is 4.77. The number of rotatable bonds is 7. The predicted octanol–water partition coefficient (Wildman–Crippen LogP) is 3.84. The summed E-state index contributed by atoms with van der Waals surface area (Å²) in [6.07, 6.45) is 0. The third-order valence-electron chi connectivity index (χ3n) is 5.90. The largest absolute Gasteiger partial charge is 0.497 e. The van der Waals surface area contributed by atoms with E-state index in [1.807, 2.05) is 0 Å². The molecule has 2 heterocycles. The third-order valence-corrected chi connectivity index (χ3v) is 7.71. The van der Waals surface area contributed by atoms with Crippen LogP contribution in [0.25, 0.3) is 10.9 Å². The van der Waals surface area contributed by atoms with Gasteiger partial charge >= 0.3 is 0 Å². The van der Waals surface area contributed by atoms with Gasteiger partial charge < -0.3 is 19.2 Å². The van der Waals surface area contributed by atoms with Crippen molar-refractivity contribution in [3.8, 4) is 17.2 Å². The van der Waals surface area contributed by atoms with Crippen LogP contribution in [-0.4, -0.2) is 38.0 Å². The Morgan fingerprint density at radius 2 is 1.61 bits per heavy atom. The van der Waals surface area contributed by atoms with E-state index in [-0.39, 0.29) is 23.5 Å². The summed E-state index contributed by atoms with van der Waals surface area (Å²) < 4.78 is 58.3. The topological polar surface area (TPSA) is 97.9 Å². The number of pyridine rings is 1. The fourth-order valence-corrected chi connectivity index (χ4v) is 5.42. The molecule has 0 amide bonds. The number of benzene rings is 3. The Labute approximate surface area is 206 Å². The molecule has 1 aromatic heterocycles. The average molecular weight is 511 g/mol. The van der Waals surface area contributed by atoms with Crippen molar-refractivity contribution in [3.05, 3.63) is 94.0 Å². The summed E-state index contributed by atoms with van der Waals surface area (Å²) in [7, 11) is -2.54. The Hall–Kier alpha value is -3.89. The summed E-state index contributed by atoms with van der Waals surface area (Å²) in [5.74, 6) is 1.18. The smallest absolute Gasteiger partial charge is 0.252 e. The molecule has 0 aliphatic carbocycles. The van der Waals surface area contributed by atoms with Crippen LogP contribution >= 0.6 is 0 Å². The van der Waals surface area contributed by atoms with E-state index in [2.05, 4.69) is 4.98 Å². The first-order chi connectivity index (χ1) is 17.3. The number of aromatic nitrogens is 1. The molecule has 4 aromatic rings. The van der Waals surface area contributed by atoms with Gasteiger partial charge in [0.1, 0.15) is 24.8 Å². The molecule has 0 fully saturated rings. The lowest BCUT2D eigenvalue weighted by atomic mass is 10.1. The quantitative estimate of drug-likeness (QED) is 0.406. The number of nitrogens with zero attached hydrogens (tertiary/aromatic N) is 1. The zero-order chi connectivity index (χ0) is 25.3. The van der Waals surface area contributed by atoms with E-state index >= 15 is 0 Å². The van der Waals surface area contributed by atoms with Crippen molar-refractivity contribution in [2.45, 2.75) is 18.0 Å². The molecule has 5 rings (SSSR count). The van der Waals surface area contributed by atoms with Gasteiger partial charge in [-0.25, -0.2) is 12.8 Å². The molecule has 186 valence electrons. The van der Waals surface area contributed by atoms with Crippen LogP contribution in [0.4, 0.5) is 4.39 Å². The normalized spacial score (nSPS) is 13.2. The highest BCUT2D eigenvalue weighted by atomic mass is 32.2. The van der Waals surface area contributed by atoms with E-state index in [1.165, 1.54) is 47.8 Å². The Morgan fingerprint density at radius 3 is 2.28 bits per heavy atom. The minimum atomic E-state index is -4.03. The van der Waals surface area contributed by atoms with Crippen molar-refractivity contribution in [2.24, 2.45) is 0 Å². The number of hydrogen-bond acceptors (Lipinski definition) is 6. The molecule has 8 nitrogen and oxygen atoms in total. The van der Waals surface area contributed by atoms with Crippen LogP contribution in [0.15, 0.2) is 76.4 Å². The Morgan fingerprint density at radius 1 is 0.944 bits per heavy atom. The number of ether oxygens (including phenoxy) is 3. The maximum Gasteiger partial charge on any atom is 0.252 e. The molecule has 1 aliphatic heterocycles. The Kier molecular flexibility index (Phi) is 6.38. The van der Waals surface area contributed by atoms with Crippen LogP contribution in [-0.2, 0) is 23.1 Å². The van der Waals surface area contributed by atoms with E-state index in [9.17, 15) is 17.6 Å². The predicted molar refractivity (Wildman–Crippen MR) is 131 cm³/mol. The molecule has 0 radical (unpaired) electrons. The molecule has 0 atom stereocenters. The van der Waals surface area contributed by atoms with E-state index in [1.54, 1.807) is 30.3 Å². The van der Waals surface area contributed by atoms with Crippen molar-refractivity contribution < 1.29 is 27.0 Å². The average Bonchev–Trinajstić information content (AvgIpc) is 2.88. The highest BCUT2D eigenvalue weighted by molar-refractivity contribution is 7.89. The summed E-state index contributed by atoms with van der Waals surface area (Å²) in [4.78, 5) is 15.8. The van der Waals surface area contributed by atoms with Crippen molar-refractivity contribution in [2.75, 3.05) is 20.3 Å². The maximum absolute atomic E-state index is 13.6. The van der Waals surface area contributed by atoms with E-state index < -0.39 is 21.4 Å². The number of H-pyrrole nitrogens is 1. The first-order valence-electron chi connectivity index (χ1n) is 11.2. The minimum Gasteiger partial charge on any atom is -0.497 e. The second kappa shape index (κ2) is 9.63. The Bertz CT molecular complexity index is 1570. The highest BCUT2D eigenvalue weighted by Crippen LogP contribution is 2.34. The van der Waals surface area contributed by atoms with Gasteiger partial charge in [-0.2, -0.15) is 4.31 Å². The van der Waals surface area contributed by atoms with Crippen LogP contribution in [0, 0.1) is 5.82 Å². The van der Waals surface area contributed by atoms with E-state index in [0.717, 1.165) is 0 Å². The van der Waals surface area contributed by atoms with Crippen molar-refractivity contribution in [3.63, 3.8) is 0 Å². The van der Waals surface area contributed by atoms with Crippen LogP contribution in [0.2, 0.25) is 0 Å². The molecular weight excluding hydrogens is 487 g/mol. The van der Waals surface area contributed by atoms with Crippen LogP contribution in [0.1, 0.15) is 11.1 Å². The van der Waals surface area contributed by atoms with E-state index in [4.69, 9.17) is 14.2 Å². The lowest BCUT2D eigenvalue weighted by Gasteiger charge is -2.23. The molecule has 1 N–H and O–H groups in total. The minimum absolute atomic E-state index is 0.0437. The first-order valence-corrected chi connectivity index (χ1v) is 12.6. The molecule has 1 aliphatic rings. The fraction of sp³-hybridized carbons (Fsp3) is 0.192. The van der Waals surface area contributed by atoms with Crippen LogP contribution < -0.4 is 19.8 Å². The summed E-state index contributed by atoms with van der Waals surface area (Å²) in [6.45, 7) is 0.571. The van der Waals surface area contributed by atoms with Crippen LogP contribution in [0.3, 0.4) is 0 Å². The number of sulfonamides is 1. The number of fused-ring (bicyclic) bond motifs is 2. The van der Waals surface area contributed by atoms with Crippen molar-refractivity contribution in [1.82, 2.24) is 9.29 Å². The van der Waals surface area contributed by atoms with Gasteiger partial charge in [-0.1, -0.05) is 12.1 Å². The molecule has 0 spiro atoms. The van der Waals surface area contributed by atoms with E-state index in [0.29, 0.717) is 46.9 Å². The lowest BCUT2D eigenvalue weighted by Crippen LogP contribution is -2.32. The fourth-order valence-electron chi connectivity index (χ4n) is 4.01. The van der Waals surface area contributed by atoms with Crippen LogP contribution in [0.5, 0.6) is 17.2 Å². The molecule has 0 bridgehead atoms. The standard InChI is InChI=1S/C26H23FN2O6S/c1-33-21-6-8-22(9-7-21)36(31,32)29(15-17-2-4-20(27)5-3-17)16-19-12-18-13-24-25(35-11-10-34-24)14-23(18)28-26(19)30/h2-9,12-14H,10-11,15-16H2,1H3,(H,28,30). The number of aromatic amines is 1. The molecule has 0 saturated heterocycles. The zero-order valence-electron chi connectivity index (χ0n) is 19.4. The van der Waals surface area contributed by atoms with Gasteiger partial charge in [0.05, 0.1) is 17.5 Å². The van der Waals surface area contributed by atoms with Gasteiger partial charge in [0.25, 0.3) is 5.56 Å². The SMILES string of the molecule is COc1ccc(S(=O)(=O)N(Cc2ccc(F)cc2)Cc2cc3cc4c(cc3[nH]c2=O)OCCO4)cc1. The summed E-state index contributed by atoms with van der Waals surface area (Å²) in [5.41, 5.74) is 0.952. The number of halogens is 1. The number of methoxy groups -OCH3 is 1. The van der Waals surface area contributed by atoms with Gasteiger partial charge in [0.15, 0.2) is 11.5 Å². The van der Waals surface area contributed by atoms with Crippen molar-refractivity contribution in [1.29, 1.82) is 0 Å². The summed E-state index contributed by atoms with van der Waals surface area (Å²) in [5, 5.41) is 0.678. The lowest BCUT2D eigenvalue weighted by molar-refractivity contribution is 0.172. The molecule has 36 heavy (non-hydrogen) atoms. The molecule has 0 saturated carbocycles. The molecule has 0 unspecified atom stereocenters. The van der Waals surface area contributed by atoms with Gasteiger partial charge in [-0.3, -0.25) is 4.79 Å². The molecule has 3 aromatic carbocycles. The first kappa shape index (κ1) is 23.8. The van der Waals surface area contributed by atoms with Gasteiger partial charge in [0, 0.05) is 30.1 Å². The zero-order valence-corrected chi connectivity index (χ0v) is 20.2. The van der Waals surface area contributed by atoms with Gasteiger partial charge in [-0.05, 0) is 54.1 Å². The summed E-state index contributed by atoms with van der Waals surface area (Å²) in [6, 6.07) is 16.6. The molecular formula is C26H23FN2O6S. The second-order valence-corrected chi connectivity index (χ2v) is 10.2. The highest BCUT2D eigenvalue weighted by Gasteiger charge is 2.26. The number of hydrogen-bond donors (Lipinski definition) is 1. The van der Waals surface area contributed by atoms with Gasteiger partial charge in [0.2, 0.25) is 10.0 Å². The monoisotopic (exact) mass is 510 g/mol. The number of nitrogens with one attached hydrogen (secondary N) is 1.